The number of carboxylic acid groups (broad SMARTS) is 1. The Balaban J connectivity index is 1.58. The molecule has 0 spiro atoms. The van der Waals surface area contributed by atoms with Crippen LogP contribution in [0.3, 0.4) is 0 Å². The monoisotopic (exact) mass is 494 g/mol. The number of anilines is 1. The normalized spacial score (nSPS) is 20.8. The van der Waals surface area contributed by atoms with Crippen molar-refractivity contribution < 1.29 is 19.2 Å². The fourth-order valence-corrected chi connectivity index (χ4v) is 5.85. The number of aryl methyl sites for hydroxylation is 2. The van der Waals surface area contributed by atoms with Crippen molar-refractivity contribution in [3.8, 4) is 0 Å². The molecule has 1 unspecified atom stereocenters. The molecule has 0 radical (unpaired) electrons. The van der Waals surface area contributed by atoms with Crippen molar-refractivity contribution in [3.05, 3.63) is 46.3 Å². The van der Waals surface area contributed by atoms with Crippen LogP contribution < -0.4 is 5.32 Å². The van der Waals surface area contributed by atoms with Gasteiger partial charge in [-0.25, -0.2) is 0 Å². The predicted molar refractivity (Wildman–Crippen MR) is 141 cm³/mol. The van der Waals surface area contributed by atoms with Gasteiger partial charge in [-0.15, -0.1) is 0 Å². The molecular formula is C30H42N2O4. The number of amides is 1. The minimum atomic E-state index is -0.983. The Bertz CT molecular complexity index is 1110. The number of nitrogens with one attached hydrogen (secondary N) is 1. The Kier molecular flexibility index (Phi) is 7.63. The van der Waals surface area contributed by atoms with Crippen molar-refractivity contribution in [1.82, 2.24) is 5.16 Å². The third-order valence-corrected chi connectivity index (χ3v) is 7.99. The fraction of sp³-hybridized carbons (Fsp3) is 0.633. The van der Waals surface area contributed by atoms with Crippen molar-refractivity contribution in [2.45, 2.75) is 104 Å². The number of carbonyl (C=O) groups excluding carboxylic acids is 1. The highest BCUT2D eigenvalue weighted by Crippen LogP contribution is 2.53. The highest BCUT2D eigenvalue weighted by molar-refractivity contribution is 5.92. The zero-order valence-corrected chi connectivity index (χ0v) is 22.7. The van der Waals surface area contributed by atoms with Crippen LogP contribution >= 0.6 is 0 Å². The molecule has 2 aliphatic rings. The molecule has 1 aromatic heterocycles. The van der Waals surface area contributed by atoms with E-state index in [-0.39, 0.29) is 18.2 Å². The van der Waals surface area contributed by atoms with Crippen molar-refractivity contribution in [2.24, 2.45) is 17.3 Å². The number of hydrogen-bond donors (Lipinski definition) is 2. The van der Waals surface area contributed by atoms with Crippen molar-refractivity contribution in [1.29, 1.82) is 0 Å². The van der Waals surface area contributed by atoms with Gasteiger partial charge >= 0.3 is 5.97 Å². The largest absolute Gasteiger partial charge is 0.481 e. The molecule has 0 saturated heterocycles. The van der Waals surface area contributed by atoms with Crippen LogP contribution in [-0.4, -0.2) is 22.1 Å². The Morgan fingerprint density at radius 1 is 1.17 bits per heavy atom. The molecule has 1 atom stereocenters. The summed E-state index contributed by atoms with van der Waals surface area (Å²) in [6.07, 6.45) is 6.21. The predicted octanol–water partition coefficient (Wildman–Crippen LogP) is 7.32. The Labute approximate surface area is 215 Å². The van der Waals surface area contributed by atoms with E-state index in [1.807, 2.05) is 32.0 Å². The van der Waals surface area contributed by atoms with Crippen LogP contribution in [0.1, 0.15) is 119 Å². The van der Waals surface area contributed by atoms with Gasteiger partial charge < -0.3 is 14.9 Å². The summed E-state index contributed by atoms with van der Waals surface area (Å²) in [5.41, 5.74) is 3.94. The Hall–Kier alpha value is -2.63. The van der Waals surface area contributed by atoms with Crippen molar-refractivity contribution >= 4 is 17.6 Å². The number of carbonyl (C=O) groups is 2. The van der Waals surface area contributed by atoms with Crippen LogP contribution in [0.25, 0.3) is 0 Å². The van der Waals surface area contributed by atoms with Gasteiger partial charge in [0.1, 0.15) is 5.76 Å². The highest BCUT2D eigenvalue weighted by atomic mass is 16.5. The summed E-state index contributed by atoms with van der Waals surface area (Å²) >= 11 is 0. The summed E-state index contributed by atoms with van der Waals surface area (Å²) in [5.74, 6) is 1.94. The van der Waals surface area contributed by atoms with Gasteiger partial charge in [0, 0.05) is 29.5 Å². The number of carboxylic acids is 1. The van der Waals surface area contributed by atoms with Gasteiger partial charge in [-0.1, -0.05) is 36.7 Å². The molecule has 4 rings (SSSR count). The summed E-state index contributed by atoms with van der Waals surface area (Å²) in [4.78, 5) is 25.2. The van der Waals surface area contributed by atoms with Gasteiger partial charge in [-0.05, 0) is 95.6 Å². The molecule has 0 aliphatic heterocycles. The van der Waals surface area contributed by atoms with E-state index in [1.54, 1.807) is 13.8 Å². The third kappa shape index (κ3) is 6.01. The summed E-state index contributed by atoms with van der Waals surface area (Å²) in [7, 11) is 0. The quantitative estimate of drug-likeness (QED) is 0.341. The molecule has 1 heterocycles. The minimum Gasteiger partial charge on any atom is -0.481 e. The van der Waals surface area contributed by atoms with Crippen molar-refractivity contribution in [3.63, 3.8) is 0 Å². The third-order valence-electron chi connectivity index (χ3n) is 7.99. The maximum atomic E-state index is 13.2. The molecule has 1 aromatic carbocycles. The van der Waals surface area contributed by atoms with Gasteiger partial charge in [0.2, 0.25) is 5.91 Å². The van der Waals surface area contributed by atoms with Crippen LogP contribution in [0.2, 0.25) is 0 Å². The zero-order valence-electron chi connectivity index (χ0n) is 22.7. The van der Waals surface area contributed by atoms with E-state index in [0.717, 1.165) is 59.9 Å². The first kappa shape index (κ1) is 26.4. The van der Waals surface area contributed by atoms with Crippen molar-refractivity contribution in [2.75, 3.05) is 5.32 Å². The topological polar surface area (TPSA) is 92.4 Å². The molecular weight excluding hydrogens is 452 g/mol. The standard InChI is InChI=1S/C30H42N2O4/c1-17(2)11-20-13-22(14-20)28-26(21-8-9-21)27(32-36-28)23(16-30(5,6)29(34)35)15-25(33)31-24-10-7-18(3)12-19(24)4/h7,10,12,17,20-23H,8-9,11,13-16H2,1-6H3,(H,31,33)(H,34,35). The lowest BCUT2D eigenvalue weighted by Gasteiger charge is -2.35. The highest BCUT2D eigenvalue weighted by Gasteiger charge is 2.43. The molecule has 0 bridgehead atoms. The summed E-state index contributed by atoms with van der Waals surface area (Å²) < 4.78 is 6.01. The second-order valence-corrected chi connectivity index (χ2v) is 12.4. The maximum absolute atomic E-state index is 13.2. The SMILES string of the molecule is Cc1ccc(NC(=O)CC(CC(C)(C)C(=O)O)c2noc(C3CC(CC(C)C)C3)c2C2CC2)c(C)c1. The summed E-state index contributed by atoms with van der Waals surface area (Å²) in [6.45, 7) is 12.0. The van der Waals surface area contributed by atoms with Crippen LogP contribution in [0.5, 0.6) is 0 Å². The van der Waals surface area contributed by atoms with Gasteiger partial charge in [0.15, 0.2) is 0 Å². The smallest absolute Gasteiger partial charge is 0.309 e. The Morgan fingerprint density at radius 3 is 2.44 bits per heavy atom. The number of aliphatic carboxylic acids is 1. The lowest BCUT2D eigenvalue weighted by atomic mass is 9.69. The molecule has 6 nitrogen and oxygen atoms in total. The van der Waals surface area contributed by atoms with Gasteiger partial charge in [-0.3, -0.25) is 9.59 Å². The number of hydrogen-bond acceptors (Lipinski definition) is 4. The van der Waals surface area contributed by atoms with E-state index in [4.69, 9.17) is 4.52 Å². The first-order valence-electron chi connectivity index (χ1n) is 13.5. The molecule has 196 valence electrons. The first-order chi connectivity index (χ1) is 16.9. The van der Waals surface area contributed by atoms with E-state index in [0.29, 0.717) is 24.2 Å². The molecule has 6 heteroatoms. The molecule has 36 heavy (non-hydrogen) atoms. The number of rotatable bonds is 11. The van der Waals surface area contributed by atoms with Gasteiger partial charge in [0.25, 0.3) is 0 Å². The fourth-order valence-electron chi connectivity index (χ4n) is 5.85. The van der Waals surface area contributed by atoms with E-state index in [1.165, 1.54) is 12.0 Å². The minimum absolute atomic E-state index is 0.125. The van der Waals surface area contributed by atoms with E-state index in [2.05, 4.69) is 24.3 Å². The van der Waals surface area contributed by atoms with Crippen LogP contribution in [0.4, 0.5) is 5.69 Å². The first-order valence-corrected chi connectivity index (χ1v) is 13.5. The van der Waals surface area contributed by atoms with E-state index >= 15 is 0 Å². The van der Waals surface area contributed by atoms with Crippen LogP contribution in [0, 0.1) is 31.1 Å². The average molecular weight is 495 g/mol. The number of aromatic nitrogens is 1. The van der Waals surface area contributed by atoms with E-state index in [9.17, 15) is 14.7 Å². The second-order valence-electron chi connectivity index (χ2n) is 12.4. The van der Waals surface area contributed by atoms with Gasteiger partial charge in [-0.2, -0.15) is 0 Å². The molecule has 2 aliphatic carbocycles. The number of nitrogens with zero attached hydrogens (tertiary/aromatic N) is 1. The molecule has 2 N–H and O–H groups in total. The summed E-state index contributed by atoms with van der Waals surface area (Å²) in [6, 6.07) is 5.95. The number of benzene rings is 1. The van der Waals surface area contributed by atoms with Crippen LogP contribution in [0.15, 0.2) is 22.7 Å². The Morgan fingerprint density at radius 2 is 1.86 bits per heavy atom. The molecule has 1 amide bonds. The molecule has 2 fully saturated rings. The van der Waals surface area contributed by atoms with Gasteiger partial charge in [0.05, 0.1) is 11.1 Å². The molecule has 2 aromatic rings. The average Bonchev–Trinajstić information content (AvgIpc) is 3.50. The van der Waals surface area contributed by atoms with E-state index < -0.39 is 11.4 Å². The zero-order chi connectivity index (χ0) is 26.2. The molecule has 2 saturated carbocycles. The van der Waals surface area contributed by atoms with Crippen LogP contribution in [-0.2, 0) is 9.59 Å². The summed E-state index contributed by atoms with van der Waals surface area (Å²) in [5, 5.41) is 17.5. The second kappa shape index (κ2) is 10.4. The maximum Gasteiger partial charge on any atom is 0.309 e. The lowest BCUT2D eigenvalue weighted by molar-refractivity contribution is -0.147. The lowest BCUT2D eigenvalue weighted by Crippen LogP contribution is -2.28.